The van der Waals surface area contributed by atoms with Crippen LogP contribution in [0.15, 0.2) is 18.2 Å². The summed E-state index contributed by atoms with van der Waals surface area (Å²) in [7, 11) is 0. The van der Waals surface area contributed by atoms with Gasteiger partial charge in [-0.15, -0.1) is 0 Å². The summed E-state index contributed by atoms with van der Waals surface area (Å²) >= 11 is 0. The lowest BCUT2D eigenvalue weighted by atomic mass is 10.1. The largest absolute Gasteiger partial charge is 0.328 e. The number of carbonyl (C=O) groups excluding carboxylic acids is 2. The van der Waals surface area contributed by atoms with Crippen molar-refractivity contribution in [3.63, 3.8) is 0 Å². The Morgan fingerprint density at radius 1 is 1.41 bits per heavy atom. The number of amides is 2. The van der Waals surface area contributed by atoms with E-state index in [4.69, 9.17) is 0 Å². The van der Waals surface area contributed by atoms with Crippen LogP contribution < -0.4 is 10.6 Å². The third kappa shape index (κ3) is 3.31. The van der Waals surface area contributed by atoms with Crippen molar-refractivity contribution in [2.24, 2.45) is 5.92 Å². The molecule has 0 aromatic heterocycles. The number of carbonyl (C=O) groups is 2. The lowest BCUT2D eigenvalue weighted by Gasteiger charge is -2.14. The third-order valence-corrected chi connectivity index (χ3v) is 2.87. The second-order valence-electron chi connectivity index (χ2n) is 4.04. The monoisotopic (exact) mass is 234 g/mol. The van der Waals surface area contributed by atoms with Crippen molar-refractivity contribution in [3.8, 4) is 0 Å². The fourth-order valence-corrected chi connectivity index (χ4v) is 1.43. The number of benzene rings is 1. The first-order valence-electron chi connectivity index (χ1n) is 5.70. The Hall–Kier alpha value is -1.84. The Labute approximate surface area is 101 Å². The van der Waals surface area contributed by atoms with E-state index in [9.17, 15) is 9.59 Å². The lowest BCUT2D eigenvalue weighted by molar-refractivity contribution is -0.119. The van der Waals surface area contributed by atoms with E-state index in [2.05, 4.69) is 10.6 Å². The van der Waals surface area contributed by atoms with E-state index in [1.165, 1.54) is 0 Å². The molecule has 4 heteroatoms. The molecule has 1 aromatic carbocycles. The maximum Gasteiger partial charge on any atom is 0.227 e. The first-order chi connectivity index (χ1) is 8.10. The van der Waals surface area contributed by atoms with Gasteiger partial charge >= 0.3 is 0 Å². The van der Waals surface area contributed by atoms with Crippen molar-refractivity contribution in [1.82, 2.24) is 0 Å². The van der Waals surface area contributed by atoms with Crippen molar-refractivity contribution in [2.75, 3.05) is 10.6 Å². The maximum atomic E-state index is 11.8. The van der Waals surface area contributed by atoms with Crippen LogP contribution in [0.5, 0.6) is 0 Å². The topological polar surface area (TPSA) is 58.2 Å². The molecule has 0 radical (unpaired) electrons. The molecular weight excluding hydrogens is 216 g/mol. The van der Waals surface area contributed by atoms with Crippen molar-refractivity contribution in [2.45, 2.75) is 27.2 Å². The minimum Gasteiger partial charge on any atom is -0.328 e. The fraction of sp³-hybridized carbons (Fsp3) is 0.385. The molecule has 0 aliphatic rings. The predicted molar refractivity (Wildman–Crippen MR) is 69.0 cm³/mol. The van der Waals surface area contributed by atoms with Gasteiger partial charge in [0.2, 0.25) is 12.3 Å². The summed E-state index contributed by atoms with van der Waals surface area (Å²) in [6.07, 6.45) is 1.43. The fourth-order valence-electron chi connectivity index (χ4n) is 1.43. The molecule has 2 amide bonds. The van der Waals surface area contributed by atoms with E-state index in [1.807, 2.05) is 26.8 Å². The van der Waals surface area contributed by atoms with Gasteiger partial charge in [-0.25, -0.2) is 0 Å². The van der Waals surface area contributed by atoms with Gasteiger partial charge in [-0.05, 0) is 31.0 Å². The molecule has 0 spiro atoms. The van der Waals surface area contributed by atoms with E-state index < -0.39 is 0 Å². The molecule has 0 aliphatic heterocycles. The zero-order chi connectivity index (χ0) is 12.8. The second-order valence-corrected chi connectivity index (χ2v) is 4.04. The maximum absolute atomic E-state index is 11.8. The zero-order valence-electron chi connectivity index (χ0n) is 10.4. The Morgan fingerprint density at radius 2 is 2.06 bits per heavy atom. The Balaban J connectivity index is 2.88. The van der Waals surface area contributed by atoms with Gasteiger partial charge in [0.25, 0.3) is 0 Å². The van der Waals surface area contributed by atoms with Crippen LogP contribution in [0.1, 0.15) is 25.8 Å². The molecule has 4 nitrogen and oxygen atoms in total. The number of hydrogen-bond acceptors (Lipinski definition) is 2. The minimum atomic E-state index is -0.0166. The van der Waals surface area contributed by atoms with Gasteiger partial charge in [0.05, 0.1) is 0 Å². The molecule has 2 N–H and O–H groups in total. The van der Waals surface area contributed by atoms with Crippen molar-refractivity contribution < 1.29 is 9.59 Å². The summed E-state index contributed by atoms with van der Waals surface area (Å²) in [6, 6.07) is 5.42. The highest BCUT2D eigenvalue weighted by Gasteiger charge is 2.12. The van der Waals surface area contributed by atoms with Crippen molar-refractivity contribution >= 4 is 23.7 Å². The highest BCUT2D eigenvalue weighted by molar-refractivity contribution is 5.94. The molecule has 1 unspecified atom stereocenters. The Kier molecular flexibility index (Phi) is 4.69. The second kappa shape index (κ2) is 6.03. The zero-order valence-corrected chi connectivity index (χ0v) is 10.4. The normalized spacial score (nSPS) is 11.7. The third-order valence-electron chi connectivity index (χ3n) is 2.87. The highest BCUT2D eigenvalue weighted by atomic mass is 16.2. The minimum absolute atomic E-state index is 0.00106. The molecule has 0 heterocycles. The average Bonchev–Trinajstić information content (AvgIpc) is 2.33. The molecule has 1 aromatic rings. The molecule has 1 rings (SSSR count). The SMILES string of the molecule is CCC(C)C(=O)Nc1cccc(NC=O)c1C. The van der Waals surface area contributed by atoms with Gasteiger partial charge in [-0.2, -0.15) is 0 Å². The van der Waals surface area contributed by atoms with Crippen LogP contribution in [0.25, 0.3) is 0 Å². The molecular formula is C13H18N2O2. The molecule has 17 heavy (non-hydrogen) atoms. The van der Waals surface area contributed by atoms with Crippen LogP contribution in [0.4, 0.5) is 11.4 Å². The number of hydrogen-bond donors (Lipinski definition) is 2. The summed E-state index contributed by atoms with van der Waals surface area (Å²) in [5.74, 6) is -0.0176. The van der Waals surface area contributed by atoms with Crippen molar-refractivity contribution in [3.05, 3.63) is 23.8 Å². The Morgan fingerprint density at radius 3 is 2.65 bits per heavy atom. The van der Waals surface area contributed by atoms with Crippen LogP contribution in [-0.4, -0.2) is 12.3 Å². The van der Waals surface area contributed by atoms with Crippen LogP contribution in [0.2, 0.25) is 0 Å². The lowest BCUT2D eigenvalue weighted by Crippen LogP contribution is -2.20. The summed E-state index contributed by atoms with van der Waals surface area (Å²) in [5, 5.41) is 5.47. The van der Waals surface area contributed by atoms with Gasteiger partial charge < -0.3 is 10.6 Å². The molecule has 1 atom stereocenters. The van der Waals surface area contributed by atoms with E-state index in [0.29, 0.717) is 12.1 Å². The Bertz CT molecular complexity index is 416. The highest BCUT2D eigenvalue weighted by Crippen LogP contribution is 2.23. The molecule has 0 bridgehead atoms. The van der Waals surface area contributed by atoms with Crippen LogP contribution >= 0.6 is 0 Å². The predicted octanol–water partition coefficient (Wildman–Crippen LogP) is 2.55. The smallest absolute Gasteiger partial charge is 0.227 e. The van der Waals surface area contributed by atoms with E-state index in [-0.39, 0.29) is 11.8 Å². The summed E-state index contributed by atoms with van der Waals surface area (Å²) in [5.41, 5.74) is 2.31. The molecule has 0 fully saturated rings. The van der Waals surface area contributed by atoms with Crippen LogP contribution in [0, 0.1) is 12.8 Å². The van der Waals surface area contributed by atoms with Gasteiger partial charge in [0.1, 0.15) is 0 Å². The van der Waals surface area contributed by atoms with Crippen LogP contribution in [-0.2, 0) is 9.59 Å². The van der Waals surface area contributed by atoms with Gasteiger partial charge in [0.15, 0.2) is 0 Å². The van der Waals surface area contributed by atoms with Crippen LogP contribution in [0.3, 0.4) is 0 Å². The van der Waals surface area contributed by atoms with E-state index >= 15 is 0 Å². The van der Waals surface area contributed by atoms with Crippen molar-refractivity contribution in [1.29, 1.82) is 0 Å². The molecule has 0 aliphatic carbocycles. The quantitative estimate of drug-likeness (QED) is 0.769. The van der Waals surface area contributed by atoms with Gasteiger partial charge in [-0.1, -0.05) is 19.9 Å². The van der Waals surface area contributed by atoms with E-state index in [1.54, 1.807) is 12.1 Å². The molecule has 0 saturated heterocycles. The average molecular weight is 234 g/mol. The summed E-state index contributed by atoms with van der Waals surface area (Å²) in [4.78, 5) is 22.2. The first kappa shape index (κ1) is 13.2. The number of nitrogens with one attached hydrogen (secondary N) is 2. The summed E-state index contributed by atoms with van der Waals surface area (Å²) < 4.78 is 0. The number of rotatable bonds is 5. The standard InChI is InChI=1S/C13H18N2O2/c1-4-9(2)13(17)15-12-7-5-6-11(10(12)3)14-8-16/h5-9H,4H2,1-3H3,(H,14,16)(H,15,17). The van der Waals surface area contributed by atoms with Gasteiger partial charge in [0, 0.05) is 17.3 Å². The summed E-state index contributed by atoms with van der Waals surface area (Å²) in [6.45, 7) is 5.72. The van der Waals surface area contributed by atoms with E-state index in [0.717, 1.165) is 17.7 Å². The first-order valence-corrected chi connectivity index (χ1v) is 5.70. The number of anilines is 2. The van der Waals surface area contributed by atoms with Gasteiger partial charge in [-0.3, -0.25) is 9.59 Å². The molecule has 0 saturated carbocycles. The molecule has 92 valence electrons.